The number of carbonyl (C=O) groups is 1. The number of pyridine rings is 1. The van der Waals surface area contributed by atoms with Crippen LogP contribution < -0.4 is 4.90 Å². The molecule has 4 fully saturated rings. The van der Waals surface area contributed by atoms with Crippen molar-refractivity contribution in [2.75, 3.05) is 44.2 Å². The molecule has 5 nitrogen and oxygen atoms in total. The molecule has 0 spiro atoms. The average molecular weight is 340 g/mol. The van der Waals surface area contributed by atoms with E-state index in [-0.39, 0.29) is 0 Å². The van der Waals surface area contributed by atoms with E-state index in [4.69, 9.17) is 0 Å². The molecule has 1 aromatic heterocycles. The van der Waals surface area contributed by atoms with E-state index in [0.29, 0.717) is 17.9 Å². The summed E-state index contributed by atoms with van der Waals surface area (Å²) < 4.78 is 0. The number of hydrogen-bond acceptors (Lipinski definition) is 3. The largest absolute Gasteiger partial charge is 0.356 e. The van der Waals surface area contributed by atoms with Crippen LogP contribution in [0.25, 0.3) is 0 Å². The van der Waals surface area contributed by atoms with Crippen LogP contribution in [0.2, 0.25) is 0 Å². The van der Waals surface area contributed by atoms with Crippen LogP contribution >= 0.6 is 0 Å². The molecule has 0 aromatic carbocycles. The summed E-state index contributed by atoms with van der Waals surface area (Å²) in [6.07, 6.45) is 7.24. The first-order valence-electron chi connectivity index (χ1n) is 9.96. The van der Waals surface area contributed by atoms with Crippen molar-refractivity contribution in [1.82, 2.24) is 14.8 Å². The molecule has 0 radical (unpaired) electrons. The first-order valence-corrected chi connectivity index (χ1v) is 9.96. The van der Waals surface area contributed by atoms with Gasteiger partial charge in [0.2, 0.25) is 0 Å². The summed E-state index contributed by atoms with van der Waals surface area (Å²) in [6, 6.07) is 6.43. The van der Waals surface area contributed by atoms with E-state index in [9.17, 15) is 4.79 Å². The number of nitrogens with zero attached hydrogens (tertiary/aromatic N) is 4. The molecule has 4 atom stereocenters. The Bertz CT molecular complexity index is 610. The molecule has 0 N–H and O–H groups in total. The third-order valence-electron chi connectivity index (χ3n) is 6.85. The number of rotatable bonds is 1. The molecule has 2 amide bonds. The molecule has 5 heteroatoms. The second-order valence-corrected chi connectivity index (χ2v) is 8.60. The highest BCUT2D eigenvalue weighted by atomic mass is 16.2. The summed E-state index contributed by atoms with van der Waals surface area (Å²) in [7, 11) is 0. The molecule has 1 aromatic rings. The average Bonchev–Trinajstić information content (AvgIpc) is 3.20. The van der Waals surface area contributed by atoms with Crippen LogP contribution in [0.4, 0.5) is 10.6 Å². The molecule has 1 aliphatic carbocycles. The van der Waals surface area contributed by atoms with E-state index in [1.54, 1.807) is 0 Å². The lowest BCUT2D eigenvalue weighted by Crippen LogP contribution is -2.51. The van der Waals surface area contributed by atoms with Crippen molar-refractivity contribution in [3.8, 4) is 0 Å². The minimum atomic E-state index is 0.315. The van der Waals surface area contributed by atoms with Gasteiger partial charge in [0, 0.05) is 57.3 Å². The molecule has 3 saturated heterocycles. The zero-order valence-electron chi connectivity index (χ0n) is 14.9. The summed E-state index contributed by atoms with van der Waals surface area (Å²) in [5.74, 6) is 3.82. The van der Waals surface area contributed by atoms with Crippen LogP contribution in [0, 0.1) is 23.7 Å². The Hall–Kier alpha value is -1.78. The Morgan fingerprint density at radius 3 is 2.24 bits per heavy atom. The molecule has 134 valence electrons. The highest BCUT2D eigenvalue weighted by Crippen LogP contribution is 2.37. The normalized spacial score (nSPS) is 34.3. The van der Waals surface area contributed by atoms with Gasteiger partial charge in [-0.2, -0.15) is 0 Å². The van der Waals surface area contributed by atoms with E-state index in [2.05, 4.69) is 31.8 Å². The Kier molecular flexibility index (Phi) is 3.83. The highest BCUT2D eigenvalue weighted by molar-refractivity contribution is 5.75. The minimum Gasteiger partial charge on any atom is -0.356 e. The molecule has 1 saturated carbocycles. The van der Waals surface area contributed by atoms with Gasteiger partial charge in [0.05, 0.1) is 0 Å². The fourth-order valence-electron chi connectivity index (χ4n) is 5.67. The lowest BCUT2D eigenvalue weighted by Gasteiger charge is -2.42. The van der Waals surface area contributed by atoms with Gasteiger partial charge in [-0.3, -0.25) is 0 Å². The van der Waals surface area contributed by atoms with Crippen LogP contribution in [0.1, 0.15) is 25.7 Å². The maximum Gasteiger partial charge on any atom is 0.320 e. The predicted octanol–water partition coefficient (Wildman–Crippen LogP) is 2.69. The van der Waals surface area contributed by atoms with Crippen molar-refractivity contribution < 1.29 is 4.79 Å². The molecule has 3 aliphatic heterocycles. The van der Waals surface area contributed by atoms with E-state index < -0.39 is 0 Å². The number of aromatic nitrogens is 1. The first-order chi connectivity index (χ1) is 12.3. The maximum absolute atomic E-state index is 13.0. The lowest BCUT2D eigenvalue weighted by atomic mass is 9.78. The Morgan fingerprint density at radius 2 is 1.60 bits per heavy atom. The third-order valence-corrected chi connectivity index (χ3v) is 6.85. The number of urea groups is 1. The predicted molar refractivity (Wildman–Crippen MR) is 97.4 cm³/mol. The van der Waals surface area contributed by atoms with Gasteiger partial charge in [-0.1, -0.05) is 12.5 Å². The van der Waals surface area contributed by atoms with Crippen molar-refractivity contribution >= 4 is 11.8 Å². The van der Waals surface area contributed by atoms with Crippen LogP contribution in [0.5, 0.6) is 0 Å². The standard InChI is InChI=1S/C20H28N4O/c25-20(23-9-15-4-3-5-16(8-15)10-23)24-13-17-11-22(12-18(17)14-24)19-6-1-2-7-21-19/h1-2,6-7,15-18H,3-5,8-14H2/t15-,16+,17-,18+. The number of hydrogen-bond donors (Lipinski definition) is 0. The second kappa shape index (κ2) is 6.19. The maximum atomic E-state index is 13.0. The van der Waals surface area contributed by atoms with E-state index in [0.717, 1.165) is 56.9 Å². The zero-order valence-corrected chi connectivity index (χ0v) is 14.9. The van der Waals surface area contributed by atoms with Gasteiger partial charge in [0.15, 0.2) is 0 Å². The highest BCUT2D eigenvalue weighted by Gasteiger charge is 2.44. The Labute approximate surface area is 150 Å². The van der Waals surface area contributed by atoms with Crippen molar-refractivity contribution in [2.45, 2.75) is 25.7 Å². The second-order valence-electron chi connectivity index (χ2n) is 8.60. The zero-order chi connectivity index (χ0) is 16.8. The van der Waals surface area contributed by atoms with Gasteiger partial charge < -0.3 is 14.7 Å². The summed E-state index contributed by atoms with van der Waals surface area (Å²) in [4.78, 5) is 24.2. The fourth-order valence-corrected chi connectivity index (χ4v) is 5.67. The summed E-state index contributed by atoms with van der Waals surface area (Å²) in [6.45, 7) is 5.94. The van der Waals surface area contributed by atoms with Crippen molar-refractivity contribution in [3.05, 3.63) is 24.4 Å². The van der Waals surface area contributed by atoms with Crippen molar-refractivity contribution in [2.24, 2.45) is 23.7 Å². The molecule has 4 aliphatic rings. The number of fused-ring (bicyclic) bond motifs is 3. The fraction of sp³-hybridized carbons (Fsp3) is 0.700. The topological polar surface area (TPSA) is 39.7 Å². The van der Waals surface area contributed by atoms with Gasteiger partial charge >= 0.3 is 6.03 Å². The van der Waals surface area contributed by atoms with E-state index >= 15 is 0 Å². The van der Waals surface area contributed by atoms with E-state index in [1.165, 1.54) is 25.7 Å². The van der Waals surface area contributed by atoms with Gasteiger partial charge in [-0.15, -0.1) is 0 Å². The Morgan fingerprint density at radius 1 is 0.920 bits per heavy atom. The van der Waals surface area contributed by atoms with Crippen LogP contribution in [0.3, 0.4) is 0 Å². The van der Waals surface area contributed by atoms with Gasteiger partial charge in [-0.05, 0) is 43.2 Å². The molecule has 2 bridgehead atoms. The molecular formula is C20H28N4O. The van der Waals surface area contributed by atoms with Crippen molar-refractivity contribution in [1.29, 1.82) is 0 Å². The molecular weight excluding hydrogens is 312 g/mol. The molecule has 0 unspecified atom stereocenters. The van der Waals surface area contributed by atoms with Crippen LogP contribution in [-0.2, 0) is 0 Å². The van der Waals surface area contributed by atoms with Gasteiger partial charge in [0.1, 0.15) is 5.82 Å². The quantitative estimate of drug-likeness (QED) is 0.789. The summed E-state index contributed by atoms with van der Waals surface area (Å²) in [5, 5.41) is 0. The number of amides is 2. The number of carbonyl (C=O) groups excluding carboxylic acids is 1. The Balaban J connectivity index is 1.20. The lowest BCUT2D eigenvalue weighted by molar-refractivity contribution is 0.0855. The summed E-state index contributed by atoms with van der Waals surface area (Å²) >= 11 is 0. The van der Waals surface area contributed by atoms with Crippen LogP contribution in [-0.4, -0.2) is 60.1 Å². The number of piperidine rings is 1. The monoisotopic (exact) mass is 340 g/mol. The molecule has 5 rings (SSSR count). The minimum absolute atomic E-state index is 0.315. The molecule has 25 heavy (non-hydrogen) atoms. The number of anilines is 1. The smallest absolute Gasteiger partial charge is 0.320 e. The number of likely N-dealkylation sites (tertiary alicyclic amines) is 2. The first kappa shape index (κ1) is 15.5. The van der Waals surface area contributed by atoms with Crippen LogP contribution in [0.15, 0.2) is 24.4 Å². The van der Waals surface area contributed by atoms with E-state index in [1.807, 2.05) is 12.3 Å². The van der Waals surface area contributed by atoms with Gasteiger partial charge in [0.25, 0.3) is 0 Å². The van der Waals surface area contributed by atoms with Gasteiger partial charge in [-0.25, -0.2) is 9.78 Å². The summed E-state index contributed by atoms with van der Waals surface area (Å²) in [5.41, 5.74) is 0. The SMILES string of the molecule is O=C(N1C[C@@H]2CCC[C@@H](C2)C1)N1C[C@@H]2CN(c3ccccn3)C[C@@H]2C1. The van der Waals surface area contributed by atoms with Crippen molar-refractivity contribution in [3.63, 3.8) is 0 Å². The molecule has 4 heterocycles. The third kappa shape index (κ3) is 2.87.